The van der Waals surface area contributed by atoms with Gasteiger partial charge < -0.3 is 14.5 Å². The minimum atomic E-state index is -0.132. The molecule has 0 heterocycles. The Kier molecular flexibility index (Phi) is 15.5. The maximum atomic E-state index is 13.6. The molecule has 2 unspecified atom stereocenters. The number of rotatable bonds is 17. The van der Waals surface area contributed by atoms with E-state index in [1.807, 2.05) is 33.2 Å². The number of anilines is 1. The van der Waals surface area contributed by atoms with Crippen molar-refractivity contribution in [2.45, 2.75) is 85.2 Å². The van der Waals surface area contributed by atoms with Crippen LogP contribution in [0.2, 0.25) is 0 Å². The van der Waals surface area contributed by atoms with Crippen molar-refractivity contribution in [3.05, 3.63) is 59.7 Å². The molecular formula is C32H50N2O3. The molecule has 1 aromatic carbocycles. The van der Waals surface area contributed by atoms with Crippen molar-refractivity contribution < 1.29 is 14.3 Å². The molecule has 5 heteroatoms. The molecule has 0 bridgehead atoms. The van der Waals surface area contributed by atoms with E-state index in [4.69, 9.17) is 4.74 Å². The zero-order valence-corrected chi connectivity index (χ0v) is 24.4. The Hall–Kier alpha value is -2.66. The van der Waals surface area contributed by atoms with Crippen molar-refractivity contribution in [1.29, 1.82) is 0 Å². The number of benzene rings is 1. The summed E-state index contributed by atoms with van der Waals surface area (Å²) in [5.41, 5.74) is 4.40. The lowest BCUT2D eigenvalue weighted by molar-refractivity contribution is -0.129. The normalized spacial score (nSPS) is 13.4. The second kappa shape index (κ2) is 17.7. The maximum Gasteiger partial charge on any atom is 0.230 e. The molecule has 0 radical (unpaired) electrons. The van der Waals surface area contributed by atoms with E-state index in [-0.39, 0.29) is 23.8 Å². The number of hydrogen-bond donors (Lipinski definition) is 0. The fourth-order valence-corrected chi connectivity index (χ4v) is 4.37. The van der Waals surface area contributed by atoms with Crippen molar-refractivity contribution in [3.63, 3.8) is 0 Å². The molecule has 2 amide bonds. The number of methoxy groups -OCH3 is 1. The van der Waals surface area contributed by atoms with E-state index in [2.05, 4.69) is 57.7 Å². The van der Waals surface area contributed by atoms with E-state index >= 15 is 0 Å². The first kappa shape index (κ1) is 32.4. The van der Waals surface area contributed by atoms with Crippen LogP contribution in [0.5, 0.6) is 0 Å². The standard InChI is InChI=1S/C32H50N2O3/c1-9-12-15-21-33(6)31(35)18-14-13-17-28-24-30(20-19-25(28)4)34(7)32(36)29(22-26(5)37-8)23-27(11-3)16-10-2/h9,13,16-17,19-20,24,26,29H,1,10-12,14-15,18,21-23H2,2-8H3/b17-13-,27-16?. The zero-order valence-electron chi connectivity index (χ0n) is 24.4. The molecule has 0 aliphatic rings. The summed E-state index contributed by atoms with van der Waals surface area (Å²) in [6.07, 6.45) is 14.7. The zero-order chi connectivity index (χ0) is 27.8. The summed E-state index contributed by atoms with van der Waals surface area (Å²) in [4.78, 5) is 29.5. The van der Waals surface area contributed by atoms with Gasteiger partial charge in [0.1, 0.15) is 0 Å². The number of aryl methyl sites for hydroxylation is 1. The molecular weight excluding hydrogens is 460 g/mol. The van der Waals surface area contributed by atoms with Gasteiger partial charge in [-0.15, -0.1) is 6.58 Å². The van der Waals surface area contributed by atoms with Gasteiger partial charge in [-0.3, -0.25) is 9.59 Å². The van der Waals surface area contributed by atoms with Crippen molar-refractivity contribution in [2.75, 3.05) is 32.6 Å². The first-order chi connectivity index (χ1) is 17.7. The van der Waals surface area contributed by atoms with Crippen LogP contribution in [0, 0.1) is 12.8 Å². The third-order valence-electron chi connectivity index (χ3n) is 6.95. The predicted octanol–water partition coefficient (Wildman–Crippen LogP) is 7.35. The van der Waals surface area contributed by atoms with E-state index in [9.17, 15) is 9.59 Å². The highest BCUT2D eigenvalue weighted by atomic mass is 16.5. The summed E-state index contributed by atoms with van der Waals surface area (Å²) >= 11 is 0. The average molecular weight is 511 g/mol. The van der Waals surface area contributed by atoms with Crippen LogP contribution >= 0.6 is 0 Å². The third-order valence-corrected chi connectivity index (χ3v) is 6.95. The fraction of sp³-hybridized carbons (Fsp3) is 0.562. The highest BCUT2D eigenvalue weighted by Crippen LogP contribution is 2.27. The SMILES string of the molecule is C=CCCCN(C)C(=O)CC/C=C\c1cc(N(C)C(=O)C(CC(=CCC)CC)CC(C)OC)ccc1C. The molecule has 0 N–H and O–H groups in total. The van der Waals surface area contributed by atoms with Crippen LogP contribution in [0.25, 0.3) is 6.08 Å². The first-order valence-corrected chi connectivity index (χ1v) is 13.8. The van der Waals surface area contributed by atoms with Gasteiger partial charge in [0.2, 0.25) is 11.8 Å². The fourth-order valence-electron chi connectivity index (χ4n) is 4.37. The van der Waals surface area contributed by atoms with Gasteiger partial charge >= 0.3 is 0 Å². The van der Waals surface area contributed by atoms with Crippen molar-refractivity contribution in [1.82, 2.24) is 4.90 Å². The third kappa shape index (κ3) is 11.5. The maximum absolute atomic E-state index is 13.6. The van der Waals surface area contributed by atoms with E-state index in [1.165, 1.54) is 5.57 Å². The molecule has 0 aromatic heterocycles. The average Bonchev–Trinajstić information content (AvgIpc) is 2.90. The quantitative estimate of drug-likeness (QED) is 0.163. The Morgan fingerprint density at radius 1 is 1.16 bits per heavy atom. The van der Waals surface area contributed by atoms with Gasteiger partial charge in [-0.25, -0.2) is 0 Å². The number of allylic oxidation sites excluding steroid dienone is 4. The summed E-state index contributed by atoms with van der Waals surface area (Å²) in [6.45, 7) is 12.9. The minimum absolute atomic E-state index is 0.0161. The number of carbonyl (C=O) groups excluding carboxylic acids is 2. The van der Waals surface area contributed by atoms with Crippen LogP contribution < -0.4 is 4.90 Å². The smallest absolute Gasteiger partial charge is 0.230 e. The summed E-state index contributed by atoms with van der Waals surface area (Å²) in [5.74, 6) is 0.139. The molecule has 37 heavy (non-hydrogen) atoms. The van der Waals surface area contributed by atoms with Crippen molar-refractivity contribution >= 4 is 23.6 Å². The molecule has 1 aromatic rings. The van der Waals surface area contributed by atoms with E-state index < -0.39 is 0 Å². The monoisotopic (exact) mass is 510 g/mol. The van der Waals surface area contributed by atoms with Crippen LogP contribution in [-0.4, -0.2) is 50.6 Å². The van der Waals surface area contributed by atoms with Gasteiger partial charge in [-0.05, 0) is 82.1 Å². The van der Waals surface area contributed by atoms with Gasteiger partial charge in [-0.2, -0.15) is 0 Å². The van der Waals surface area contributed by atoms with E-state index in [1.54, 1.807) is 16.9 Å². The van der Waals surface area contributed by atoms with E-state index in [0.717, 1.165) is 55.5 Å². The summed E-state index contributed by atoms with van der Waals surface area (Å²) < 4.78 is 5.51. The first-order valence-electron chi connectivity index (χ1n) is 13.8. The molecule has 1 rings (SSSR count). The summed E-state index contributed by atoms with van der Waals surface area (Å²) in [6, 6.07) is 6.12. The Balaban J connectivity index is 2.93. The molecule has 0 saturated heterocycles. The molecule has 0 saturated carbocycles. The number of ether oxygens (including phenoxy) is 1. The molecule has 0 aliphatic heterocycles. The van der Waals surface area contributed by atoms with Crippen LogP contribution in [0.4, 0.5) is 5.69 Å². The molecule has 0 spiro atoms. The predicted molar refractivity (Wildman–Crippen MR) is 158 cm³/mol. The van der Waals surface area contributed by atoms with Crippen LogP contribution in [0.3, 0.4) is 0 Å². The molecule has 0 fully saturated rings. The Morgan fingerprint density at radius 3 is 2.51 bits per heavy atom. The van der Waals surface area contributed by atoms with Crippen LogP contribution in [0.15, 0.2) is 48.6 Å². The Morgan fingerprint density at radius 2 is 1.89 bits per heavy atom. The second-order valence-corrected chi connectivity index (χ2v) is 9.93. The topological polar surface area (TPSA) is 49.9 Å². The number of unbranched alkanes of at least 4 members (excludes halogenated alkanes) is 1. The Labute approximate surface area is 226 Å². The van der Waals surface area contributed by atoms with Crippen molar-refractivity contribution in [3.8, 4) is 0 Å². The molecule has 206 valence electrons. The van der Waals surface area contributed by atoms with Gasteiger partial charge in [0.05, 0.1) is 6.10 Å². The van der Waals surface area contributed by atoms with Gasteiger partial charge in [0, 0.05) is 45.8 Å². The number of carbonyl (C=O) groups is 2. The van der Waals surface area contributed by atoms with Gasteiger partial charge in [0.15, 0.2) is 0 Å². The van der Waals surface area contributed by atoms with E-state index in [0.29, 0.717) is 19.3 Å². The number of hydrogen-bond acceptors (Lipinski definition) is 3. The molecule has 2 atom stereocenters. The van der Waals surface area contributed by atoms with Crippen molar-refractivity contribution in [2.24, 2.45) is 5.92 Å². The number of nitrogens with zero attached hydrogens (tertiary/aromatic N) is 2. The highest BCUT2D eigenvalue weighted by molar-refractivity contribution is 5.95. The molecule has 5 nitrogen and oxygen atoms in total. The van der Waals surface area contributed by atoms with Crippen LogP contribution in [-0.2, 0) is 14.3 Å². The van der Waals surface area contributed by atoms with Gasteiger partial charge in [-0.1, -0.05) is 49.8 Å². The van der Waals surface area contributed by atoms with Crippen LogP contribution in [0.1, 0.15) is 83.3 Å². The number of amides is 2. The summed E-state index contributed by atoms with van der Waals surface area (Å²) in [5, 5.41) is 0. The summed E-state index contributed by atoms with van der Waals surface area (Å²) in [7, 11) is 5.42. The lowest BCUT2D eigenvalue weighted by Gasteiger charge is -2.27. The van der Waals surface area contributed by atoms with Gasteiger partial charge in [0.25, 0.3) is 0 Å². The highest BCUT2D eigenvalue weighted by Gasteiger charge is 2.26. The Bertz CT molecular complexity index is 919. The lowest BCUT2D eigenvalue weighted by atomic mass is 9.90. The molecule has 0 aliphatic carbocycles. The second-order valence-electron chi connectivity index (χ2n) is 9.93. The largest absolute Gasteiger partial charge is 0.382 e. The lowest BCUT2D eigenvalue weighted by Crippen LogP contribution is -2.35. The minimum Gasteiger partial charge on any atom is -0.382 e.